The SMILES string of the molecule is CCn1cc(S(=O)(=O)N2CCN(CC(=O)NC3CCCCC3)CC2)c(C)n1. The third-order valence-corrected chi connectivity index (χ3v) is 7.51. The van der Waals surface area contributed by atoms with Crippen LogP contribution in [0.5, 0.6) is 0 Å². The predicted octanol–water partition coefficient (Wildman–Crippen LogP) is 0.967. The van der Waals surface area contributed by atoms with Gasteiger partial charge in [-0.1, -0.05) is 19.3 Å². The lowest BCUT2D eigenvalue weighted by atomic mass is 9.95. The molecule has 1 aliphatic carbocycles. The molecule has 3 rings (SSSR count). The van der Waals surface area contributed by atoms with Crippen molar-refractivity contribution in [3.05, 3.63) is 11.9 Å². The number of piperazine rings is 1. The first kappa shape index (κ1) is 20.3. The number of hydrogen-bond donors (Lipinski definition) is 1. The quantitative estimate of drug-likeness (QED) is 0.773. The van der Waals surface area contributed by atoms with Crippen LogP contribution >= 0.6 is 0 Å². The Hall–Kier alpha value is -1.45. The number of aromatic nitrogens is 2. The second-order valence-electron chi connectivity index (χ2n) is 7.52. The van der Waals surface area contributed by atoms with Gasteiger partial charge in [0.05, 0.1) is 12.2 Å². The highest BCUT2D eigenvalue weighted by molar-refractivity contribution is 7.89. The molecule has 9 heteroatoms. The van der Waals surface area contributed by atoms with Crippen LogP contribution in [0.2, 0.25) is 0 Å². The van der Waals surface area contributed by atoms with Crippen LogP contribution in [0.15, 0.2) is 11.1 Å². The number of amides is 1. The Morgan fingerprint density at radius 2 is 1.85 bits per heavy atom. The van der Waals surface area contributed by atoms with Gasteiger partial charge in [0.15, 0.2) is 0 Å². The highest BCUT2D eigenvalue weighted by atomic mass is 32.2. The lowest BCUT2D eigenvalue weighted by molar-refractivity contribution is -0.123. The Bertz CT molecular complexity index is 747. The van der Waals surface area contributed by atoms with Crippen LogP contribution < -0.4 is 5.32 Å². The molecule has 1 aromatic rings. The lowest BCUT2D eigenvalue weighted by Crippen LogP contribution is -2.51. The molecule has 1 amide bonds. The average molecular weight is 398 g/mol. The van der Waals surface area contributed by atoms with Crippen LogP contribution in [0.3, 0.4) is 0 Å². The Labute approximate surface area is 161 Å². The van der Waals surface area contributed by atoms with Gasteiger partial charge in [0.2, 0.25) is 15.9 Å². The monoisotopic (exact) mass is 397 g/mol. The van der Waals surface area contributed by atoms with Gasteiger partial charge in [0.1, 0.15) is 4.90 Å². The summed E-state index contributed by atoms with van der Waals surface area (Å²) in [5.74, 6) is 0.0540. The summed E-state index contributed by atoms with van der Waals surface area (Å²) in [5.41, 5.74) is 0.533. The molecule has 8 nitrogen and oxygen atoms in total. The summed E-state index contributed by atoms with van der Waals surface area (Å²) in [6.07, 6.45) is 7.39. The van der Waals surface area contributed by atoms with E-state index in [4.69, 9.17) is 0 Å². The Morgan fingerprint density at radius 1 is 1.19 bits per heavy atom. The number of carbonyl (C=O) groups is 1. The molecule has 1 aromatic heterocycles. The van der Waals surface area contributed by atoms with Crippen LogP contribution in [0.4, 0.5) is 0 Å². The van der Waals surface area contributed by atoms with E-state index in [2.05, 4.69) is 10.4 Å². The van der Waals surface area contributed by atoms with Gasteiger partial charge in [0.25, 0.3) is 0 Å². The van der Waals surface area contributed by atoms with E-state index in [1.165, 1.54) is 23.6 Å². The molecule has 0 unspecified atom stereocenters. The van der Waals surface area contributed by atoms with Gasteiger partial charge in [-0.3, -0.25) is 14.4 Å². The van der Waals surface area contributed by atoms with Gasteiger partial charge < -0.3 is 5.32 Å². The number of nitrogens with one attached hydrogen (secondary N) is 1. The number of carbonyl (C=O) groups excluding carboxylic acids is 1. The van der Waals surface area contributed by atoms with E-state index in [0.29, 0.717) is 51.0 Å². The topological polar surface area (TPSA) is 87.5 Å². The van der Waals surface area contributed by atoms with Gasteiger partial charge in [-0.2, -0.15) is 9.40 Å². The molecule has 1 saturated carbocycles. The summed E-state index contributed by atoms with van der Waals surface area (Å²) in [5, 5.41) is 7.37. The van der Waals surface area contributed by atoms with E-state index < -0.39 is 10.0 Å². The molecule has 2 aliphatic rings. The molecular weight excluding hydrogens is 366 g/mol. The van der Waals surface area contributed by atoms with E-state index >= 15 is 0 Å². The number of rotatable bonds is 6. The first-order chi connectivity index (χ1) is 12.9. The van der Waals surface area contributed by atoms with Gasteiger partial charge >= 0.3 is 0 Å². The summed E-state index contributed by atoms with van der Waals surface area (Å²) in [7, 11) is -3.53. The first-order valence-corrected chi connectivity index (χ1v) is 11.4. The summed E-state index contributed by atoms with van der Waals surface area (Å²) in [6, 6.07) is 0.311. The van der Waals surface area contributed by atoms with Crippen molar-refractivity contribution in [2.45, 2.75) is 63.4 Å². The van der Waals surface area contributed by atoms with E-state index in [1.807, 2.05) is 11.8 Å². The molecule has 0 bridgehead atoms. The Morgan fingerprint density at radius 3 is 2.44 bits per heavy atom. The molecular formula is C18H31N5O3S. The minimum atomic E-state index is -3.53. The maximum Gasteiger partial charge on any atom is 0.246 e. The van der Waals surface area contributed by atoms with Crippen LogP contribution in [-0.2, 0) is 21.4 Å². The number of aryl methyl sites for hydroxylation is 2. The highest BCUT2D eigenvalue weighted by Gasteiger charge is 2.31. The molecule has 1 N–H and O–H groups in total. The van der Waals surface area contributed by atoms with Gasteiger partial charge in [-0.25, -0.2) is 8.42 Å². The maximum atomic E-state index is 12.9. The predicted molar refractivity (Wildman–Crippen MR) is 103 cm³/mol. The van der Waals surface area contributed by atoms with Gasteiger partial charge in [-0.15, -0.1) is 0 Å². The molecule has 27 heavy (non-hydrogen) atoms. The molecule has 1 saturated heterocycles. The fraction of sp³-hybridized carbons (Fsp3) is 0.778. The maximum absolute atomic E-state index is 12.9. The van der Waals surface area contributed by atoms with Crippen LogP contribution in [0.1, 0.15) is 44.7 Å². The zero-order valence-corrected chi connectivity index (χ0v) is 17.2. The third kappa shape index (κ3) is 4.89. The Balaban J connectivity index is 1.52. The largest absolute Gasteiger partial charge is 0.352 e. The number of hydrogen-bond acceptors (Lipinski definition) is 5. The summed E-state index contributed by atoms with van der Waals surface area (Å²) in [4.78, 5) is 14.6. The van der Waals surface area contributed by atoms with Crippen molar-refractivity contribution in [1.82, 2.24) is 24.3 Å². The molecule has 0 atom stereocenters. The minimum absolute atomic E-state index is 0.0540. The fourth-order valence-electron chi connectivity index (χ4n) is 3.91. The standard InChI is InChI=1S/C18H31N5O3S/c1-3-22-13-17(15(2)20-22)27(25,26)23-11-9-21(10-12-23)14-18(24)19-16-7-5-4-6-8-16/h13,16H,3-12,14H2,1-2H3,(H,19,24). The van der Waals surface area contributed by atoms with Crippen molar-refractivity contribution in [1.29, 1.82) is 0 Å². The van der Waals surface area contributed by atoms with Crippen LogP contribution in [-0.4, -0.2) is 72.1 Å². The smallest absolute Gasteiger partial charge is 0.246 e. The zero-order chi connectivity index (χ0) is 19.4. The van der Waals surface area contributed by atoms with Gasteiger partial charge in [0, 0.05) is 45.0 Å². The zero-order valence-electron chi connectivity index (χ0n) is 16.4. The van der Waals surface area contributed by atoms with Crippen LogP contribution in [0.25, 0.3) is 0 Å². The van der Waals surface area contributed by atoms with Crippen molar-refractivity contribution >= 4 is 15.9 Å². The molecule has 152 valence electrons. The molecule has 2 fully saturated rings. The molecule has 1 aliphatic heterocycles. The van der Waals surface area contributed by atoms with Crippen molar-refractivity contribution in [2.24, 2.45) is 0 Å². The minimum Gasteiger partial charge on any atom is -0.352 e. The van der Waals surface area contributed by atoms with Crippen molar-refractivity contribution in [2.75, 3.05) is 32.7 Å². The third-order valence-electron chi connectivity index (χ3n) is 5.51. The first-order valence-electron chi connectivity index (χ1n) is 9.96. The fourth-order valence-corrected chi connectivity index (χ4v) is 5.50. The number of nitrogens with zero attached hydrogens (tertiary/aromatic N) is 4. The van der Waals surface area contributed by atoms with Crippen molar-refractivity contribution in [3.63, 3.8) is 0 Å². The lowest BCUT2D eigenvalue weighted by Gasteiger charge is -2.33. The molecule has 2 heterocycles. The second kappa shape index (κ2) is 8.70. The van der Waals surface area contributed by atoms with Crippen molar-refractivity contribution < 1.29 is 13.2 Å². The highest BCUT2D eigenvalue weighted by Crippen LogP contribution is 2.21. The van der Waals surface area contributed by atoms with E-state index in [1.54, 1.807) is 17.8 Å². The molecule has 0 radical (unpaired) electrons. The summed E-state index contributed by atoms with van der Waals surface area (Å²) in [6.45, 7) is 6.57. The summed E-state index contributed by atoms with van der Waals surface area (Å²) >= 11 is 0. The average Bonchev–Trinajstić information content (AvgIpc) is 3.04. The molecule has 0 aromatic carbocycles. The van der Waals surface area contributed by atoms with Crippen molar-refractivity contribution in [3.8, 4) is 0 Å². The second-order valence-corrected chi connectivity index (χ2v) is 9.42. The van der Waals surface area contributed by atoms with E-state index in [-0.39, 0.29) is 10.8 Å². The number of sulfonamides is 1. The van der Waals surface area contributed by atoms with E-state index in [0.717, 1.165) is 12.8 Å². The van der Waals surface area contributed by atoms with Gasteiger partial charge in [-0.05, 0) is 26.7 Å². The van der Waals surface area contributed by atoms with Crippen LogP contribution in [0, 0.1) is 6.92 Å². The normalized spacial score (nSPS) is 20.7. The van der Waals surface area contributed by atoms with E-state index in [9.17, 15) is 13.2 Å². The summed E-state index contributed by atoms with van der Waals surface area (Å²) < 4.78 is 29.0. The molecule has 0 spiro atoms. The Kier molecular flexibility index (Phi) is 6.54.